The molecule has 6 nitrogen and oxygen atoms in total. The van der Waals surface area contributed by atoms with Crippen LogP contribution in [-0.4, -0.2) is 42.7 Å². The van der Waals surface area contributed by atoms with Crippen LogP contribution in [-0.2, 0) is 9.53 Å². The lowest BCUT2D eigenvalue weighted by molar-refractivity contribution is -0.142. The molecule has 0 spiro atoms. The molecule has 0 bridgehead atoms. The zero-order valence-electron chi connectivity index (χ0n) is 11.8. The molecule has 0 N–H and O–H groups in total. The molecule has 0 fully saturated rings. The van der Waals surface area contributed by atoms with Gasteiger partial charge in [0, 0.05) is 25.9 Å². The van der Waals surface area contributed by atoms with Gasteiger partial charge in [0.15, 0.2) is 0 Å². The Labute approximate surface area is 113 Å². The minimum Gasteiger partial charge on any atom is -0.478 e. The van der Waals surface area contributed by atoms with E-state index in [0.717, 1.165) is 6.42 Å². The Bertz CT molecular complexity index is 398. The molecule has 1 rings (SSSR count). The number of aromatic nitrogens is 2. The Kier molecular flexibility index (Phi) is 6.63. The van der Waals surface area contributed by atoms with E-state index in [-0.39, 0.29) is 5.97 Å². The maximum Gasteiger partial charge on any atom is 0.307 e. The van der Waals surface area contributed by atoms with Crippen LogP contribution < -0.4 is 9.64 Å². The van der Waals surface area contributed by atoms with Crippen molar-refractivity contribution < 1.29 is 14.3 Å². The number of ether oxygens (including phenoxy) is 2. The molecule has 1 aromatic heterocycles. The highest BCUT2D eigenvalue weighted by molar-refractivity contribution is 5.70. The molecule has 0 aliphatic carbocycles. The van der Waals surface area contributed by atoms with Gasteiger partial charge in [0.25, 0.3) is 0 Å². The summed E-state index contributed by atoms with van der Waals surface area (Å²) in [6.45, 7) is 5.37. The Morgan fingerprint density at radius 1 is 1.42 bits per heavy atom. The fourth-order valence-corrected chi connectivity index (χ4v) is 1.40. The van der Waals surface area contributed by atoms with E-state index in [1.54, 1.807) is 24.1 Å². The number of hydrogen-bond acceptors (Lipinski definition) is 6. The summed E-state index contributed by atoms with van der Waals surface area (Å²) < 4.78 is 10.3. The highest BCUT2D eigenvalue weighted by atomic mass is 16.5. The van der Waals surface area contributed by atoms with E-state index >= 15 is 0 Å². The second-order valence-electron chi connectivity index (χ2n) is 4.02. The molecule has 0 aliphatic heterocycles. The van der Waals surface area contributed by atoms with Crippen LogP contribution in [0.15, 0.2) is 12.3 Å². The first-order chi connectivity index (χ1) is 9.17. The quantitative estimate of drug-likeness (QED) is 0.667. The third-order valence-corrected chi connectivity index (χ3v) is 2.37. The summed E-state index contributed by atoms with van der Waals surface area (Å²) in [7, 11) is 1.83. The smallest absolute Gasteiger partial charge is 0.307 e. The van der Waals surface area contributed by atoms with Crippen LogP contribution >= 0.6 is 0 Å². The largest absolute Gasteiger partial charge is 0.478 e. The molecule has 0 aromatic carbocycles. The molecule has 106 valence electrons. The van der Waals surface area contributed by atoms with Crippen molar-refractivity contribution in [1.82, 2.24) is 9.97 Å². The van der Waals surface area contributed by atoms with Crippen molar-refractivity contribution in [3.8, 4) is 5.88 Å². The summed E-state index contributed by atoms with van der Waals surface area (Å²) in [5.74, 6) is 0.875. The molecular formula is C13H21N3O3. The number of nitrogens with zero attached hydrogens (tertiary/aromatic N) is 3. The van der Waals surface area contributed by atoms with Crippen LogP contribution in [0.1, 0.15) is 26.7 Å². The van der Waals surface area contributed by atoms with E-state index in [1.807, 2.05) is 14.0 Å². The Morgan fingerprint density at radius 2 is 2.21 bits per heavy atom. The summed E-state index contributed by atoms with van der Waals surface area (Å²) in [4.78, 5) is 21.5. The van der Waals surface area contributed by atoms with E-state index in [2.05, 4.69) is 9.97 Å². The molecule has 0 aliphatic rings. The lowest BCUT2D eigenvalue weighted by Crippen LogP contribution is -2.24. The lowest BCUT2D eigenvalue weighted by atomic mass is 10.4. The second kappa shape index (κ2) is 8.29. The van der Waals surface area contributed by atoms with Crippen molar-refractivity contribution >= 4 is 11.9 Å². The van der Waals surface area contributed by atoms with Crippen LogP contribution in [0.4, 0.5) is 5.95 Å². The summed E-state index contributed by atoms with van der Waals surface area (Å²) in [5, 5.41) is 0. The standard InChI is InChI=1S/C13H21N3O3/c1-4-10-19-11-6-8-14-13(15-11)16(3)9-7-12(17)18-5-2/h6,8H,4-5,7,9-10H2,1-3H3. The Balaban J connectivity index is 2.51. The Morgan fingerprint density at radius 3 is 2.89 bits per heavy atom. The van der Waals surface area contributed by atoms with E-state index in [0.29, 0.717) is 38.0 Å². The summed E-state index contributed by atoms with van der Waals surface area (Å²) >= 11 is 0. The molecule has 1 aromatic rings. The average molecular weight is 267 g/mol. The third-order valence-electron chi connectivity index (χ3n) is 2.37. The molecule has 6 heteroatoms. The maximum atomic E-state index is 11.3. The fourth-order valence-electron chi connectivity index (χ4n) is 1.40. The van der Waals surface area contributed by atoms with Crippen molar-refractivity contribution in [2.75, 3.05) is 31.7 Å². The highest BCUT2D eigenvalue weighted by Crippen LogP contribution is 2.11. The van der Waals surface area contributed by atoms with Crippen molar-refractivity contribution in [3.05, 3.63) is 12.3 Å². The van der Waals surface area contributed by atoms with Crippen LogP contribution in [0.5, 0.6) is 5.88 Å². The first kappa shape index (κ1) is 15.2. The van der Waals surface area contributed by atoms with Gasteiger partial charge in [0.2, 0.25) is 11.8 Å². The predicted molar refractivity (Wildman–Crippen MR) is 72.3 cm³/mol. The normalized spacial score (nSPS) is 10.1. The molecule has 1 heterocycles. The third kappa shape index (κ3) is 5.54. The molecule has 0 unspecified atom stereocenters. The van der Waals surface area contributed by atoms with Crippen molar-refractivity contribution in [3.63, 3.8) is 0 Å². The zero-order valence-corrected chi connectivity index (χ0v) is 11.8. The van der Waals surface area contributed by atoms with Gasteiger partial charge in [-0.3, -0.25) is 4.79 Å². The van der Waals surface area contributed by atoms with Gasteiger partial charge in [0.05, 0.1) is 19.6 Å². The van der Waals surface area contributed by atoms with Crippen LogP contribution in [0.2, 0.25) is 0 Å². The van der Waals surface area contributed by atoms with Gasteiger partial charge >= 0.3 is 5.97 Å². The lowest BCUT2D eigenvalue weighted by Gasteiger charge is -2.16. The van der Waals surface area contributed by atoms with Gasteiger partial charge < -0.3 is 14.4 Å². The average Bonchev–Trinajstić information content (AvgIpc) is 2.43. The second-order valence-corrected chi connectivity index (χ2v) is 4.02. The van der Waals surface area contributed by atoms with E-state index < -0.39 is 0 Å². The van der Waals surface area contributed by atoms with Gasteiger partial charge in [-0.2, -0.15) is 4.98 Å². The number of rotatable bonds is 8. The van der Waals surface area contributed by atoms with Gasteiger partial charge in [-0.25, -0.2) is 4.98 Å². The molecule has 0 saturated heterocycles. The van der Waals surface area contributed by atoms with Crippen LogP contribution in [0, 0.1) is 0 Å². The summed E-state index contributed by atoms with van der Waals surface area (Å²) in [6, 6.07) is 1.72. The fraction of sp³-hybridized carbons (Fsp3) is 0.615. The molecule has 19 heavy (non-hydrogen) atoms. The molecule has 0 atom stereocenters. The van der Waals surface area contributed by atoms with Crippen molar-refractivity contribution in [2.45, 2.75) is 26.7 Å². The minimum atomic E-state index is -0.215. The van der Waals surface area contributed by atoms with Crippen LogP contribution in [0.3, 0.4) is 0 Å². The maximum absolute atomic E-state index is 11.3. The number of esters is 1. The predicted octanol–water partition coefficient (Wildman–Crippen LogP) is 1.65. The number of carbonyl (C=O) groups is 1. The van der Waals surface area contributed by atoms with Crippen molar-refractivity contribution in [1.29, 1.82) is 0 Å². The first-order valence-corrected chi connectivity index (χ1v) is 6.50. The summed E-state index contributed by atoms with van der Waals surface area (Å²) in [6.07, 6.45) is 2.89. The van der Waals surface area contributed by atoms with E-state index in [1.165, 1.54) is 0 Å². The number of carbonyl (C=O) groups excluding carboxylic acids is 1. The highest BCUT2D eigenvalue weighted by Gasteiger charge is 2.09. The minimum absolute atomic E-state index is 0.215. The zero-order chi connectivity index (χ0) is 14.1. The van der Waals surface area contributed by atoms with Crippen molar-refractivity contribution in [2.24, 2.45) is 0 Å². The topological polar surface area (TPSA) is 64.5 Å². The first-order valence-electron chi connectivity index (χ1n) is 6.50. The van der Waals surface area contributed by atoms with Gasteiger partial charge in [-0.1, -0.05) is 6.92 Å². The SMILES string of the molecule is CCCOc1ccnc(N(C)CCC(=O)OCC)n1. The Hall–Kier alpha value is -1.85. The van der Waals surface area contributed by atoms with Gasteiger partial charge in [-0.15, -0.1) is 0 Å². The number of hydrogen-bond donors (Lipinski definition) is 0. The van der Waals surface area contributed by atoms with Crippen LogP contribution in [0.25, 0.3) is 0 Å². The summed E-state index contributed by atoms with van der Waals surface area (Å²) in [5.41, 5.74) is 0. The number of anilines is 1. The molecule has 0 amide bonds. The van der Waals surface area contributed by atoms with E-state index in [9.17, 15) is 4.79 Å². The van der Waals surface area contributed by atoms with Gasteiger partial charge in [0.1, 0.15) is 0 Å². The van der Waals surface area contributed by atoms with E-state index in [4.69, 9.17) is 9.47 Å². The molecule has 0 saturated carbocycles. The molecular weight excluding hydrogens is 246 g/mol. The monoisotopic (exact) mass is 267 g/mol. The van der Waals surface area contributed by atoms with Gasteiger partial charge in [-0.05, 0) is 13.3 Å². The molecule has 0 radical (unpaired) electrons.